The summed E-state index contributed by atoms with van der Waals surface area (Å²) < 4.78 is 5.28. The van der Waals surface area contributed by atoms with E-state index in [1.165, 1.54) is 11.1 Å². The summed E-state index contributed by atoms with van der Waals surface area (Å²) in [6.07, 6.45) is 0.460. The molecule has 2 aromatic carbocycles. The Balaban J connectivity index is 1.63. The van der Waals surface area contributed by atoms with Crippen LogP contribution < -0.4 is 10.1 Å². The van der Waals surface area contributed by atoms with Crippen LogP contribution in [0.15, 0.2) is 71.4 Å². The van der Waals surface area contributed by atoms with Crippen molar-refractivity contribution < 1.29 is 9.84 Å². The van der Waals surface area contributed by atoms with Gasteiger partial charge in [-0.25, -0.2) is 0 Å². The molecule has 0 spiro atoms. The van der Waals surface area contributed by atoms with Gasteiger partial charge in [0.2, 0.25) is 0 Å². The second-order valence-electron chi connectivity index (χ2n) is 6.77. The van der Waals surface area contributed by atoms with E-state index >= 15 is 0 Å². The predicted octanol–water partition coefficient (Wildman–Crippen LogP) is 4.99. The van der Waals surface area contributed by atoms with E-state index in [0.29, 0.717) is 5.92 Å². The number of nitrogens with one attached hydrogen (secondary N) is 1. The van der Waals surface area contributed by atoms with E-state index in [9.17, 15) is 5.11 Å². The molecule has 3 rings (SSSR count). The fourth-order valence-electron chi connectivity index (χ4n) is 3.34. The maximum absolute atomic E-state index is 10.5. The van der Waals surface area contributed by atoms with E-state index in [0.717, 1.165) is 24.3 Å². The first-order chi connectivity index (χ1) is 13.2. The van der Waals surface area contributed by atoms with Gasteiger partial charge in [-0.2, -0.15) is 11.3 Å². The van der Waals surface area contributed by atoms with Gasteiger partial charge in [-0.15, -0.1) is 0 Å². The number of ether oxygens (including phenoxy) is 1. The van der Waals surface area contributed by atoms with Gasteiger partial charge in [0.25, 0.3) is 0 Å². The van der Waals surface area contributed by atoms with Gasteiger partial charge < -0.3 is 15.2 Å². The second-order valence-corrected chi connectivity index (χ2v) is 7.55. The molecule has 0 aliphatic heterocycles. The summed E-state index contributed by atoms with van der Waals surface area (Å²) in [5.41, 5.74) is 3.57. The van der Waals surface area contributed by atoms with Crippen molar-refractivity contribution in [2.75, 3.05) is 13.7 Å². The molecule has 2 N–H and O–H groups in total. The lowest BCUT2D eigenvalue weighted by Gasteiger charge is -2.23. The zero-order chi connectivity index (χ0) is 19.1. The lowest BCUT2D eigenvalue weighted by molar-refractivity contribution is 0.136. The molecule has 0 aliphatic carbocycles. The summed E-state index contributed by atoms with van der Waals surface area (Å²) in [5.74, 6) is 1.20. The van der Waals surface area contributed by atoms with Crippen molar-refractivity contribution in [3.05, 3.63) is 88.1 Å². The van der Waals surface area contributed by atoms with Crippen LogP contribution in [-0.2, 0) is 0 Å². The van der Waals surface area contributed by atoms with Crippen molar-refractivity contribution in [2.24, 2.45) is 0 Å². The third-order valence-corrected chi connectivity index (χ3v) is 5.68. The van der Waals surface area contributed by atoms with Gasteiger partial charge >= 0.3 is 0 Å². The Bertz CT molecular complexity index is 787. The lowest BCUT2D eigenvalue weighted by Crippen LogP contribution is -2.33. The molecule has 3 atom stereocenters. The molecule has 0 radical (unpaired) electrons. The third-order valence-electron chi connectivity index (χ3n) is 4.98. The van der Waals surface area contributed by atoms with Gasteiger partial charge in [-0.1, -0.05) is 42.5 Å². The van der Waals surface area contributed by atoms with E-state index in [-0.39, 0.29) is 6.04 Å². The number of rotatable bonds is 9. The summed E-state index contributed by atoms with van der Waals surface area (Å²) in [6.45, 7) is 2.86. The number of methoxy groups -OCH3 is 1. The van der Waals surface area contributed by atoms with Crippen molar-refractivity contribution in [2.45, 2.75) is 31.4 Å². The van der Waals surface area contributed by atoms with Crippen LogP contribution in [0.5, 0.6) is 5.75 Å². The molecule has 3 nitrogen and oxygen atoms in total. The summed E-state index contributed by atoms with van der Waals surface area (Å²) in [4.78, 5) is 0. The normalized spacial score (nSPS) is 14.5. The molecular weight excluding hydrogens is 354 g/mol. The second kappa shape index (κ2) is 9.70. The lowest BCUT2D eigenvalue weighted by atomic mass is 9.90. The molecule has 0 saturated heterocycles. The molecule has 27 heavy (non-hydrogen) atoms. The van der Waals surface area contributed by atoms with Gasteiger partial charge in [0.1, 0.15) is 5.75 Å². The van der Waals surface area contributed by atoms with Crippen LogP contribution in [0.25, 0.3) is 0 Å². The molecule has 3 aromatic rings. The quantitative estimate of drug-likeness (QED) is 0.549. The van der Waals surface area contributed by atoms with E-state index in [4.69, 9.17) is 4.74 Å². The average Bonchev–Trinajstić information content (AvgIpc) is 3.26. The van der Waals surface area contributed by atoms with Crippen molar-refractivity contribution in [3.63, 3.8) is 0 Å². The van der Waals surface area contributed by atoms with Gasteiger partial charge in [0.15, 0.2) is 0 Å². The highest BCUT2D eigenvalue weighted by molar-refractivity contribution is 7.08. The van der Waals surface area contributed by atoms with Crippen LogP contribution in [0.3, 0.4) is 0 Å². The first-order valence-corrected chi connectivity index (χ1v) is 10.3. The fraction of sp³-hybridized carbons (Fsp3) is 0.304. The SMILES string of the molecule is COc1ccc(C(CCNC(C)C(O)c2ccccc2)c2ccsc2)cc1. The Morgan fingerprint density at radius 2 is 1.70 bits per heavy atom. The van der Waals surface area contributed by atoms with E-state index in [1.54, 1.807) is 18.4 Å². The third kappa shape index (κ3) is 5.19. The molecule has 4 heteroatoms. The number of thiophene rings is 1. The summed E-state index contributed by atoms with van der Waals surface area (Å²) in [5, 5.41) is 18.4. The van der Waals surface area contributed by atoms with Crippen LogP contribution in [0, 0.1) is 0 Å². The summed E-state index contributed by atoms with van der Waals surface area (Å²) in [7, 11) is 1.69. The zero-order valence-electron chi connectivity index (χ0n) is 15.8. The van der Waals surface area contributed by atoms with Crippen molar-refractivity contribution in [3.8, 4) is 5.75 Å². The van der Waals surface area contributed by atoms with Crippen LogP contribution in [-0.4, -0.2) is 24.8 Å². The minimum atomic E-state index is -0.508. The Labute approximate surface area is 165 Å². The number of aliphatic hydroxyl groups is 1. The molecule has 0 amide bonds. The van der Waals surface area contributed by atoms with Crippen LogP contribution in [0.1, 0.15) is 42.1 Å². The number of hydrogen-bond donors (Lipinski definition) is 2. The smallest absolute Gasteiger partial charge is 0.118 e. The standard InChI is InChI=1S/C23H27NO2S/c1-17(23(25)19-6-4-3-5-7-19)24-14-12-22(20-13-15-27-16-20)18-8-10-21(26-2)11-9-18/h3-11,13,15-17,22-25H,12,14H2,1-2H3. The molecule has 0 aliphatic rings. The van der Waals surface area contributed by atoms with Gasteiger partial charge in [-0.3, -0.25) is 0 Å². The van der Waals surface area contributed by atoms with Crippen molar-refractivity contribution in [1.29, 1.82) is 0 Å². The molecule has 1 aromatic heterocycles. The summed E-state index contributed by atoms with van der Waals surface area (Å²) >= 11 is 1.73. The molecule has 0 saturated carbocycles. The fourth-order valence-corrected chi connectivity index (χ4v) is 4.06. The molecule has 3 unspecified atom stereocenters. The molecular formula is C23H27NO2S. The van der Waals surface area contributed by atoms with E-state index in [2.05, 4.69) is 34.3 Å². The van der Waals surface area contributed by atoms with E-state index in [1.807, 2.05) is 49.4 Å². The number of aliphatic hydroxyl groups excluding tert-OH is 1. The highest BCUT2D eigenvalue weighted by Gasteiger charge is 2.18. The van der Waals surface area contributed by atoms with E-state index < -0.39 is 6.10 Å². The Morgan fingerprint density at radius 1 is 0.963 bits per heavy atom. The van der Waals surface area contributed by atoms with Gasteiger partial charge in [0.05, 0.1) is 13.2 Å². The first-order valence-electron chi connectivity index (χ1n) is 9.31. The Hall–Kier alpha value is -2.14. The topological polar surface area (TPSA) is 41.5 Å². The zero-order valence-corrected chi connectivity index (χ0v) is 16.7. The summed E-state index contributed by atoms with van der Waals surface area (Å²) in [6, 6.07) is 20.3. The monoisotopic (exact) mass is 381 g/mol. The predicted molar refractivity (Wildman–Crippen MR) is 113 cm³/mol. The molecule has 1 heterocycles. The van der Waals surface area contributed by atoms with Gasteiger partial charge in [-0.05, 0) is 65.5 Å². The molecule has 0 bridgehead atoms. The number of benzene rings is 2. The highest BCUT2D eigenvalue weighted by atomic mass is 32.1. The van der Waals surface area contributed by atoms with Crippen molar-refractivity contribution >= 4 is 11.3 Å². The van der Waals surface area contributed by atoms with Crippen LogP contribution >= 0.6 is 11.3 Å². The number of hydrogen-bond acceptors (Lipinski definition) is 4. The maximum Gasteiger partial charge on any atom is 0.118 e. The van der Waals surface area contributed by atoms with Gasteiger partial charge in [0, 0.05) is 12.0 Å². The van der Waals surface area contributed by atoms with Crippen LogP contribution in [0.4, 0.5) is 0 Å². The average molecular weight is 382 g/mol. The minimum absolute atomic E-state index is 0.00797. The maximum atomic E-state index is 10.5. The minimum Gasteiger partial charge on any atom is -0.497 e. The Kier molecular flexibility index (Phi) is 7.04. The highest BCUT2D eigenvalue weighted by Crippen LogP contribution is 2.30. The van der Waals surface area contributed by atoms with Crippen molar-refractivity contribution in [1.82, 2.24) is 5.32 Å². The Morgan fingerprint density at radius 3 is 2.33 bits per heavy atom. The first kappa shape index (κ1) is 19.6. The largest absolute Gasteiger partial charge is 0.497 e. The molecule has 0 fully saturated rings. The molecule has 142 valence electrons. The van der Waals surface area contributed by atoms with Crippen LogP contribution in [0.2, 0.25) is 0 Å².